The number of rotatable bonds is 4. The molecule has 10 heteroatoms. The molecule has 1 amide bonds. The molecule has 1 heterocycles. The van der Waals surface area contributed by atoms with Gasteiger partial charge in [0.25, 0.3) is 11.5 Å². The number of esters is 1. The number of nitrogens with one attached hydrogen (secondary N) is 1. The second kappa shape index (κ2) is 7.90. The summed E-state index contributed by atoms with van der Waals surface area (Å²) < 4.78 is 45.9. The second-order valence-corrected chi connectivity index (χ2v) is 6.20. The monoisotopic (exact) mass is 420 g/mol. The molecule has 0 bridgehead atoms. The molecule has 3 rings (SSSR count). The lowest BCUT2D eigenvalue weighted by Crippen LogP contribution is -2.32. The van der Waals surface area contributed by atoms with Crippen LogP contribution in [0.2, 0.25) is 0 Å². The zero-order chi connectivity index (χ0) is 22.1. The molecule has 1 aromatic heterocycles. The lowest BCUT2D eigenvalue weighted by molar-refractivity contribution is -0.274. The summed E-state index contributed by atoms with van der Waals surface area (Å²) in [6, 6.07) is 11.0. The van der Waals surface area contributed by atoms with Crippen molar-refractivity contribution in [3.63, 3.8) is 0 Å². The quantitative estimate of drug-likeness (QED) is 0.652. The van der Waals surface area contributed by atoms with E-state index < -0.39 is 35.1 Å². The fourth-order valence-electron chi connectivity index (χ4n) is 2.81. The normalized spacial score (nSPS) is 11.2. The third kappa shape index (κ3) is 4.43. The lowest BCUT2D eigenvalue weighted by atomic mass is 10.1. The number of aromatic nitrogens is 1. The van der Waals surface area contributed by atoms with E-state index in [2.05, 4.69) is 9.72 Å². The standard InChI is InChI=1S/C20H15F3N2O5/c1-11(26)29-17-14-5-3-4-6-15(14)24-18(27)16(17)19(28)25(2)12-7-9-13(10-8-12)30-20(21,22)23/h3-10H,1-2H3,(H,24,27). The van der Waals surface area contributed by atoms with Crippen LogP contribution in [0.3, 0.4) is 0 Å². The van der Waals surface area contributed by atoms with Gasteiger partial charge in [0, 0.05) is 25.0 Å². The third-order valence-corrected chi connectivity index (χ3v) is 4.10. The molecule has 0 aliphatic heterocycles. The fraction of sp³-hybridized carbons (Fsp3) is 0.150. The Morgan fingerprint density at radius 1 is 1.03 bits per heavy atom. The molecule has 1 N–H and O–H groups in total. The highest BCUT2D eigenvalue weighted by molar-refractivity contribution is 6.10. The Hall–Kier alpha value is -3.82. The first-order chi connectivity index (χ1) is 14.1. The number of hydrogen-bond acceptors (Lipinski definition) is 5. The van der Waals surface area contributed by atoms with Crippen LogP contribution in [0.25, 0.3) is 10.9 Å². The van der Waals surface area contributed by atoms with E-state index in [0.717, 1.165) is 24.0 Å². The first-order valence-corrected chi connectivity index (χ1v) is 8.54. The molecule has 0 atom stereocenters. The van der Waals surface area contributed by atoms with Crippen LogP contribution in [0, 0.1) is 0 Å². The molecule has 0 aliphatic carbocycles. The average molecular weight is 420 g/mol. The number of carbonyl (C=O) groups is 2. The summed E-state index contributed by atoms with van der Waals surface area (Å²) in [5.41, 5.74) is -0.636. The van der Waals surface area contributed by atoms with Gasteiger partial charge in [-0.05, 0) is 36.4 Å². The van der Waals surface area contributed by atoms with Gasteiger partial charge in [-0.2, -0.15) is 0 Å². The van der Waals surface area contributed by atoms with Gasteiger partial charge < -0.3 is 19.4 Å². The first-order valence-electron chi connectivity index (χ1n) is 8.54. The van der Waals surface area contributed by atoms with E-state index in [1.807, 2.05) is 0 Å². The number of nitrogens with zero attached hydrogens (tertiary/aromatic N) is 1. The summed E-state index contributed by atoms with van der Waals surface area (Å²) in [6.07, 6.45) is -4.85. The van der Waals surface area contributed by atoms with Crippen molar-refractivity contribution in [1.82, 2.24) is 4.98 Å². The van der Waals surface area contributed by atoms with Crippen molar-refractivity contribution in [2.24, 2.45) is 0 Å². The fourth-order valence-corrected chi connectivity index (χ4v) is 2.81. The summed E-state index contributed by atoms with van der Waals surface area (Å²) in [5.74, 6) is -2.20. The smallest absolute Gasteiger partial charge is 0.425 e. The molecule has 156 valence electrons. The van der Waals surface area contributed by atoms with E-state index in [4.69, 9.17) is 4.74 Å². The third-order valence-electron chi connectivity index (χ3n) is 4.10. The summed E-state index contributed by atoms with van der Waals surface area (Å²) in [5, 5.41) is 0.345. The van der Waals surface area contributed by atoms with Gasteiger partial charge in [0.15, 0.2) is 5.75 Å². The molecule has 3 aromatic rings. The molecular weight excluding hydrogens is 405 g/mol. The second-order valence-electron chi connectivity index (χ2n) is 6.20. The van der Waals surface area contributed by atoms with Crippen molar-refractivity contribution >= 4 is 28.5 Å². The average Bonchev–Trinajstić information content (AvgIpc) is 2.66. The van der Waals surface area contributed by atoms with Gasteiger partial charge in [-0.1, -0.05) is 12.1 Å². The van der Waals surface area contributed by atoms with Crippen LogP contribution in [0.4, 0.5) is 18.9 Å². The number of aromatic amines is 1. The minimum atomic E-state index is -4.85. The minimum absolute atomic E-state index is 0.191. The Kier molecular flexibility index (Phi) is 5.50. The van der Waals surface area contributed by atoms with Crippen molar-refractivity contribution in [3.8, 4) is 11.5 Å². The summed E-state index contributed by atoms with van der Waals surface area (Å²) in [6.45, 7) is 1.13. The Labute approximate surface area is 167 Å². The SMILES string of the molecule is CC(=O)Oc1c(C(=O)N(C)c2ccc(OC(F)(F)F)cc2)c(=O)[nH]c2ccccc12. The summed E-state index contributed by atoms with van der Waals surface area (Å²) in [7, 11) is 1.33. The number of pyridine rings is 1. The summed E-state index contributed by atoms with van der Waals surface area (Å²) >= 11 is 0. The van der Waals surface area contributed by atoms with Crippen LogP contribution in [-0.4, -0.2) is 30.3 Å². The number of benzene rings is 2. The number of ether oxygens (including phenoxy) is 2. The van der Waals surface area contributed by atoms with E-state index in [1.165, 1.54) is 19.2 Å². The number of hydrogen-bond donors (Lipinski definition) is 1. The van der Waals surface area contributed by atoms with Gasteiger partial charge in [0.1, 0.15) is 11.3 Å². The zero-order valence-corrected chi connectivity index (χ0v) is 15.7. The molecule has 0 unspecified atom stereocenters. The predicted octanol–water partition coefficient (Wildman–Crippen LogP) is 3.63. The first kappa shape index (κ1) is 20.9. The highest BCUT2D eigenvalue weighted by atomic mass is 19.4. The zero-order valence-electron chi connectivity index (χ0n) is 15.7. The van der Waals surface area contributed by atoms with Gasteiger partial charge in [0.2, 0.25) is 0 Å². The maximum absolute atomic E-state index is 13.0. The number of amides is 1. The maximum atomic E-state index is 13.0. The number of anilines is 1. The van der Waals surface area contributed by atoms with Crippen molar-refractivity contribution in [2.45, 2.75) is 13.3 Å². The van der Waals surface area contributed by atoms with Gasteiger partial charge in [-0.3, -0.25) is 14.4 Å². The highest BCUT2D eigenvalue weighted by Gasteiger charge is 2.31. The number of para-hydroxylation sites is 1. The van der Waals surface area contributed by atoms with Crippen LogP contribution >= 0.6 is 0 Å². The predicted molar refractivity (Wildman–Crippen MR) is 102 cm³/mol. The number of alkyl halides is 3. The highest BCUT2D eigenvalue weighted by Crippen LogP contribution is 2.29. The van der Waals surface area contributed by atoms with Gasteiger partial charge in [-0.25, -0.2) is 0 Å². The van der Waals surface area contributed by atoms with Crippen molar-refractivity contribution in [2.75, 3.05) is 11.9 Å². The number of fused-ring (bicyclic) bond motifs is 1. The Morgan fingerprint density at radius 2 is 1.67 bits per heavy atom. The van der Waals surface area contributed by atoms with E-state index >= 15 is 0 Å². The Morgan fingerprint density at radius 3 is 2.27 bits per heavy atom. The van der Waals surface area contributed by atoms with Crippen molar-refractivity contribution in [3.05, 3.63) is 64.4 Å². The van der Waals surface area contributed by atoms with Crippen molar-refractivity contribution in [1.29, 1.82) is 0 Å². The van der Waals surface area contributed by atoms with E-state index in [9.17, 15) is 27.6 Å². The number of halogens is 3. The molecule has 0 fully saturated rings. The Balaban J connectivity index is 2.02. The molecular formula is C20H15F3N2O5. The number of H-pyrrole nitrogens is 1. The van der Waals surface area contributed by atoms with Crippen molar-refractivity contribution < 1.29 is 32.2 Å². The molecule has 0 saturated heterocycles. The van der Waals surface area contributed by atoms with E-state index in [1.54, 1.807) is 24.3 Å². The molecule has 2 aromatic carbocycles. The minimum Gasteiger partial charge on any atom is -0.425 e. The molecule has 0 saturated carbocycles. The van der Waals surface area contributed by atoms with Crippen LogP contribution < -0.4 is 19.9 Å². The molecule has 0 aliphatic rings. The van der Waals surface area contributed by atoms with Gasteiger partial charge >= 0.3 is 12.3 Å². The topological polar surface area (TPSA) is 88.7 Å². The Bertz CT molecular complexity index is 1170. The van der Waals surface area contributed by atoms with Gasteiger partial charge in [0.05, 0.1) is 5.52 Å². The van der Waals surface area contributed by atoms with Crippen LogP contribution in [0.1, 0.15) is 17.3 Å². The molecule has 0 spiro atoms. The van der Waals surface area contributed by atoms with E-state index in [-0.39, 0.29) is 11.4 Å². The van der Waals surface area contributed by atoms with Gasteiger partial charge in [-0.15, -0.1) is 13.2 Å². The lowest BCUT2D eigenvalue weighted by Gasteiger charge is -2.19. The molecule has 0 radical (unpaired) electrons. The van der Waals surface area contributed by atoms with Crippen LogP contribution in [0.5, 0.6) is 11.5 Å². The van der Waals surface area contributed by atoms with Crippen LogP contribution in [-0.2, 0) is 4.79 Å². The maximum Gasteiger partial charge on any atom is 0.573 e. The number of carbonyl (C=O) groups excluding carboxylic acids is 2. The van der Waals surface area contributed by atoms with E-state index in [0.29, 0.717) is 10.9 Å². The van der Waals surface area contributed by atoms with Crippen LogP contribution in [0.15, 0.2) is 53.3 Å². The largest absolute Gasteiger partial charge is 0.573 e. The molecule has 7 nitrogen and oxygen atoms in total. The molecule has 30 heavy (non-hydrogen) atoms. The summed E-state index contributed by atoms with van der Waals surface area (Å²) in [4.78, 5) is 40.8.